The van der Waals surface area contributed by atoms with E-state index in [2.05, 4.69) is 6.58 Å². The van der Waals surface area contributed by atoms with Crippen LogP contribution in [0.1, 0.15) is 19.4 Å². The lowest BCUT2D eigenvalue weighted by Crippen LogP contribution is -2.02. The van der Waals surface area contributed by atoms with Gasteiger partial charge in [-0.2, -0.15) is 0 Å². The molecule has 1 aromatic carbocycles. The van der Waals surface area contributed by atoms with E-state index in [1.165, 1.54) is 13.8 Å². The number of ketones is 1. The zero-order chi connectivity index (χ0) is 13.0. The molecular formula is C14H16O3. The van der Waals surface area contributed by atoms with Crippen LogP contribution in [0.15, 0.2) is 42.2 Å². The SMILES string of the molecule is C=C(/C(C(C)=O)=C(\C)O)c1ccc(OC)cc1. The molecule has 1 aromatic rings. The molecule has 3 heteroatoms. The molecule has 0 aliphatic carbocycles. The van der Waals surface area contributed by atoms with E-state index >= 15 is 0 Å². The Balaban J connectivity index is 3.11. The van der Waals surface area contributed by atoms with Gasteiger partial charge in [-0.25, -0.2) is 0 Å². The van der Waals surface area contributed by atoms with E-state index in [1.807, 2.05) is 0 Å². The van der Waals surface area contributed by atoms with Gasteiger partial charge in [-0.15, -0.1) is 0 Å². The average Bonchev–Trinajstić information content (AvgIpc) is 2.28. The maximum Gasteiger partial charge on any atom is 0.163 e. The lowest BCUT2D eigenvalue weighted by atomic mass is 9.96. The van der Waals surface area contributed by atoms with Crippen molar-refractivity contribution in [3.05, 3.63) is 47.7 Å². The van der Waals surface area contributed by atoms with Crippen LogP contribution >= 0.6 is 0 Å². The predicted molar refractivity (Wildman–Crippen MR) is 68.0 cm³/mol. The van der Waals surface area contributed by atoms with Crippen LogP contribution in [0.25, 0.3) is 5.57 Å². The summed E-state index contributed by atoms with van der Waals surface area (Å²) in [5.74, 6) is 0.514. The first-order chi connectivity index (χ1) is 7.97. The maximum atomic E-state index is 11.4. The minimum absolute atomic E-state index is 0.0154. The highest BCUT2D eigenvalue weighted by Crippen LogP contribution is 2.25. The molecule has 0 aliphatic rings. The first-order valence-electron chi connectivity index (χ1n) is 5.22. The number of hydrogen-bond donors (Lipinski definition) is 1. The van der Waals surface area contributed by atoms with Gasteiger partial charge < -0.3 is 9.84 Å². The van der Waals surface area contributed by atoms with Crippen LogP contribution in [0.3, 0.4) is 0 Å². The van der Waals surface area contributed by atoms with Crippen LogP contribution in [0.4, 0.5) is 0 Å². The minimum atomic E-state index is -0.203. The summed E-state index contributed by atoms with van der Waals surface area (Å²) in [6, 6.07) is 7.16. The Morgan fingerprint density at radius 1 is 1.24 bits per heavy atom. The lowest BCUT2D eigenvalue weighted by molar-refractivity contribution is -0.113. The zero-order valence-electron chi connectivity index (χ0n) is 10.3. The molecule has 0 bridgehead atoms. The number of rotatable bonds is 4. The Morgan fingerprint density at radius 2 is 1.76 bits per heavy atom. The van der Waals surface area contributed by atoms with Crippen molar-refractivity contribution < 1.29 is 14.6 Å². The number of benzene rings is 1. The van der Waals surface area contributed by atoms with Gasteiger partial charge >= 0.3 is 0 Å². The highest BCUT2D eigenvalue weighted by atomic mass is 16.5. The highest BCUT2D eigenvalue weighted by molar-refractivity contribution is 6.08. The molecule has 0 radical (unpaired) electrons. The smallest absolute Gasteiger partial charge is 0.163 e. The standard InChI is InChI=1S/C14H16O3/c1-9(14(10(2)15)11(3)16)12-5-7-13(17-4)8-6-12/h5-8,15H,1H2,2-4H3/b14-10-. The predicted octanol–water partition coefficient (Wildman–Crippen LogP) is 3.13. The quantitative estimate of drug-likeness (QED) is 0.493. The Kier molecular flexibility index (Phi) is 4.10. The molecule has 0 heterocycles. The minimum Gasteiger partial charge on any atom is -0.512 e. The topological polar surface area (TPSA) is 46.5 Å². The van der Waals surface area contributed by atoms with Gasteiger partial charge in [0.25, 0.3) is 0 Å². The molecular weight excluding hydrogens is 216 g/mol. The molecule has 90 valence electrons. The van der Waals surface area contributed by atoms with Crippen molar-refractivity contribution in [3.8, 4) is 5.75 Å². The number of ether oxygens (including phenoxy) is 1. The molecule has 1 N–H and O–H groups in total. The van der Waals surface area contributed by atoms with Crippen molar-refractivity contribution in [2.24, 2.45) is 0 Å². The summed E-state index contributed by atoms with van der Waals surface area (Å²) in [6.45, 7) is 6.73. The average molecular weight is 232 g/mol. The van der Waals surface area contributed by atoms with Crippen LogP contribution in [-0.2, 0) is 4.79 Å². The van der Waals surface area contributed by atoms with Crippen molar-refractivity contribution in [1.82, 2.24) is 0 Å². The van der Waals surface area contributed by atoms with E-state index in [-0.39, 0.29) is 17.1 Å². The van der Waals surface area contributed by atoms with Gasteiger partial charge in [0.1, 0.15) is 11.5 Å². The molecule has 0 aromatic heterocycles. The van der Waals surface area contributed by atoms with Crippen LogP contribution in [-0.4, -0.2) is 18.0 Å². The van der Waals surface area contributed by atoms with E-state index in [1.54, 1.807) is 31.4 Å². The number of carbonyl (C=O) groups is 1. The summed E-state index contributed by atoms with van der Waals surface area (Å²) in [4.78, 5) is 11.4. The van der Waals surface area contributed by atoms with Gasteiger partial charge in [0, 0.05) is 0 Å². The fourth-order valence-electron chi connectivity index (χ4n) is 1.62. The summed E-state index contributed by atoms with van der Waals surface area (Å²) < 4.78 is 5.05. The fourth-order valence-corrected chi connectivity index (χ4v) is 1.62. The first kappa shape index (κ1) is 13.0. The third kappa shape index (κ3) is 2.97. The van der Waals surface area contributed by atoms with E-state index in [9.17, 15) is 9.90 Å². The van der Waals surface area contributed by atoms with Crippen molar-refractivity contribution >= 4 is 11.4 Å². The molecule has 0 fully saturated rings. The Morgan fingerprint density at radius 3 is 2.12 bits per heavy atom. The molecule has 1 rings (SSSR count). The summed E-state index contributed by atoms with van der Waals surface area (Å²) in [6.07, 6.45) is 0. The number of carbonyl (C=O) groups excluding carboxylic acids is 1. The van der Waals surface area contributed by atoms with Gasteiger partial charge in [-0.05, 0) is 37.1 Å². The first-order valence-corrected chi connectivity index (χ1v) is 5.22. The molecule has 0 amide bonds. The third-order valence-electron chi connectivity index (χ3n) is 2.45. The molecule has 0 atom stereocenters. The molecule has 3 nitrogen and oxygen atoms in total. The number of aliphatic hydroxyl groups is 1. The van der Waals surface area contributed by atoms with Gasteiger partial charge in [0.05, 0.1) is 12.7 Å². The molecule has 0 saturated heterocycles. The van der Waals surface area contributed by atoms with E-state index < -0.39 is 0 Å². The second kappa shape index (κ2) is 5.34. The largest absolute Gasteiger partial charge is 0.512 e. The molecule has 0 spiro atoms. The van der Waals surface area contributed by atoms with E-state index in [0.29, 0.717) is 5.57 Å². The Hall–Kier alpha value is -2.03. The van der Waals surface area contributed by atoms with Crippen LogP contribution < -0.4 is 4.74 Å². The van der Waals surface area contributed by atoms with Crippen molar-refractivity contribution in [3.63, 3.8) is 0 Å². The van der Waals surface area contributed by atoms with E-state index in [0.717, 1.165) is 11.3 Å². The Labute approximate surface area is 101 Å². The van der Waals surface area contributed by atoms with Crippen LogP contribution in [0, 0.1) is 0 Å². The summed E-state index contributed by atoms with van der Waals surface area (Å²) in [5, 5.41) is 9.49. The van der Waals surface area contributed by atoms with E-state index in [4.69, 9.17) is 4.74 Å². The second-order valence-corrected chi connectivity index (χ2v) is 3.72. The van der Waals surface area contributed by atoms with Crippen LogP contribution in [0.2, 0.25) is 0 Å². The number of methoxy groups -OCH3 is 1. The van der Waals surface area contributed by atoms with Gasteiger partial charge in [-0.3, -0.25) is 4.79 Å². The normalized spacial score (nSPS) is 11.7. The van der Waals surface area contributed by atoms with Crippen LogP contribution in [0.5, 0.6) is 5.75 Å². The monoisotopic (exact) mass is 232 g/mol. The maximum absolute atomic E-state index is 11.4. The molecule has 0 saturated carbocycles. The van der Waals surface area contributed by atoms with Gasteiger partial charge in [0.15, 0.2) is 5.78 Å². The fraction of sp³-hybridized carbons (Fsp3) is 0.214. The molecule has 17 heavy (non-hydrogen) atoms. The van der Waals surface area contributed by atoms with Crippen molar-refractivity contribution in [2.45, 2.75) is 13.8 Å². The number of aliphatic hydroxyl groups excluding tert-OH is 1. The Bertz CT molecular complexity index is 463. The summed E-state index contributed by atoms with van der Waals surface area (Å²) in [7, 11) is 1.59. The van der Waals surface area contributed by atoms with Gasteiger partial charge in [0.2, 0.25) is 0 Å². The second-order valence-electron chi connectivity index (χ2n) is 3.72. The number of Topliss-reactive ketones (excluding diaryl/α,β-unsaturated/α-hetero) is 1. The summed E-state index contributed by atoms with van der Waals surface area (Å²) >= 11 is 0. The molecule has 0 unspecified atom stereocenters. The van der Waals surface area contributed by atoms with Gasteiger partial charge in [-0.1, -0.05) is 18.7 Å². The van der Waals surface area contributed by atoms with Crippen molar-refractivity contribution in [2.75, 3.05) is 7.11 Å². The molecule has 0 aliphatic heterocycles. The zero-order valence-corrected chi connectivity index (χ0v) is 10.3. The highest BCUT2D eigenvalue weighted by Gasteiger charge is 2.13. The number of allylic oxidation sites excluding steroid dienone is 3. The van der Waals surface area contributed by atoms with Crippen molar-refractivity contribution in [1.29, 1.82) is 0 Å². The lowest BCUT2D eigenvalue weighted by Gasteiger charge is -2.10. The third-order valence-corrected chi connectivity index (χ3v) is 2.45. The number of hydrogen-bond acceptors (Lipinski definition) is 3. The summed E-state index contributed by atoms with van der Waals surface area (Å²) in [5.41, 5.74) is 1.56.